The second kappa shape index (κ2) is 8.29. The number of nitrogens with zero attached hydrogens (tertiary/aromatic N) is 2. The van der Waals surface area contributed by atoms with Crippen molar-refractivity contribution in [3.63, 3.8) is 0 Å². The molecule has 0 saturated heterocycles. The van der Waals surface area contributed by atoms with E-state index >= 15 is 0 Å². The van der Waals surface area contributed by atoms with Crippen LogP contribution in [-0.4, -0.2) is 35.5 Å². The molecule has 0 bridgehead atoms. The van der Waals surface area contributed by atoms with Gasteiger partial charge in [0.05, 0.1) is 12.4 Å². The standard InChI is InChI=1S/C13H23N5O/c1-4-15-11-8-14-9-12(18-11)16-6-5-13(19)17-7-10(2)3/h8-10H,4-7H2,1-3H3,(H,17,19)(H2,15,16,18). The molecular formula is C13H23N5O. The van der Waals surface area contributed by atoms with Crippen LogP contribution in [0.3, 0.4) is 0 Å². The average molecular weight is 265 g/mol. The van der Waals surface area contributed by atoms with Crippen molar-refractivity contribution in [1.82, 2.24) is 15.3 Å². The van der Waals surface area contributed by atoms with Gasteiger partial charge >= 0.3 is 0 Å². The van der Waals surface area contributed by atoms with Gasteiger partial charge in [-0.15, -0.1) is 0 Å². The van der Waals surface area contributed by atoms with E-state index in [9.17, 15) is 4.79 Å². The van der Waals surface area contributed by atoms with E-state index in [0.717, 1.165) is 12.4 Å². The molecule has 0 fully saturated rings. The van der Waals surface area contributed by atoms with E-state index in [4.69, 9.17) is 0 Å². The molecular weight excluding hydrogens is 242 g/mol. The third kappa shape index (κ3) is 6.59. The highest BCUT2D eigenvalue weighted by molar-refractivity contribution is 5.76. The molecule has 0 aliphatic carbocycles. The Bertz CT molecular complexity index is 394. The fourth-order valence-corrected chi connectivity index (χ4v) is 1.43. The zero-order valence-electron chi connectivity index (χ0n) is 11.9. The lowest BCUT2D eigenvalue weighted by atomic mass is 10.2. The maximum absolute atomic E-state index is 11.5. The second-order valence-corrected chi connectivity index (χ2v) is 4.69. The second-order valence-electron chi connectivity index (χ2n) is 4.69. The van der Waals surface area contributed by atoms with Crippen LogP contribution in [0.15, 0.2) is 12.4 Å². The molecule has 0 aromatic carbocycles. The number of carbonyl (C=O) groups is 1. The van der Waals surface area contributed by atoms with Crippen LogP contribution in [0, 0.1) is 5.92 Å². The number of aromatic nitrogens is 2. The summed E-state index contributed by atoms with van der Waals surface area (Å²) in [7, 11) is 0. The van der Waals surface area contributed by atoms with Gasteiger partial charge in [-0.3, -0.25) is 9.78 Å². The lowest BCUT2D eigenvalue weighted by Crippen LogP contribution is -2.28. The first-order valence-corrected chi connectivity index (χ1v) is 6.68. The van der Waals surface area contributed by atoms with Crippen LogP contribution in [0.5, 0.6) is 0 Å². The number of hydrogen-bond acceptors (Lipinski definition) is 5. The van der Waals surface area contributed by atoms with Crippen molar-refractivity contribution in [3.8, 4) is 0 Å². The molecule has 0 spiro atoms. The van der Waals surface area contributed by atoms with Gasteiger partial charge in [-0.25, -0.2) is 4.98 Å². The number of carbonyl (C=O) groups excluding carboxylic acids is 1. The van der Waals surface area contributed by atoms with Gasteiger partial charge in [-0.1, -0.05) is 13.8 Å². The van der Waals surface area contributed by atoms with Gasteiger partial charge in [-0.05, 0) is 12.8 Å². The number of hydrogen-bond donors (Lipinski definition) is 3. The van der Waals surface area contributed by atoms with Crippen molar-refractivity contribution in [2.45, 2.75) is 27.2 Å². The van der Waals surface area contributed by atoms with Gasteiger partial charge in [0.25, 0.3) is 0 Å². The molecule has 0 atom stereocenters. The number of amides is 1. The Morgan fingerprint density at radius 1 is 1.26 bits per heavy atom. The fourth-order valence-electron chi connectivity index (χ4n) is 1.43. The topological polar surface area (TPSA) is 78.9 Å². The average Bonchev–Trinajstić information content (AvgIpc) is 2.37. The van der Waals surface area contributed by atoms with Crippen molar-refractivity contribution in [2.75, 3.05) is 30.3 Å². The third-order valence-corrected chi connectivity index (χ3v) is 2.36. The molecule has 6 nitrogen and oxygen atoms in total. The zero-order valence-corrected chi connectivity index (χ0v) is 11.9. The first-order valence-electron chi connectivity index (χ1n) is 6.68. The summed E-state index contributed by atoms with van der Waals surface area (Å²) in [6, 6.07) is 0. The summed E-state index contributed by atoms with van der Waals surface area (Å²) in [6.45, 7) is 8.21. The summed E-state index contributed by atoms with van der Waals surface area (Å²) in [5, 5.41) is 9.05. The molecule has 1 amide bonds. The van der Waals surface area contributed by atoms with Crippen molar-refractivity contribution in [1.29, 1.82) is 0 Å². The van der Waals surface area contributed by atoms with Gasteiger partial charge in [0.1, 0.15) is 11.6 Å². The molecule has 19 heavy (non-hydrogen) atoms. The van der Waals surface area contributed by atoms with Gasteiger partial charge in [0.15, 0.2) is 0 Å². The van der Waals surface area contributed by atoms with Crippen molar-refractivity contribution in [2.24, 2.45) is 5.92 Å². The largest absolute Gasteiger partial charge is 0.369 e. The molecule has 1 aromatic rings. The Kier molecular flexibility index (Phi) is 6.63. The lowest BCUT2D eigenvalue weighted by Gasteiger charge is -2.09. The predicted molar refractivity (Wildman–Crippen MR) is 77.2 cm³/mol. The summed E-state index contributed by atoms with van der Waals surface area (Å²) in [6.07, 6.45) is 3.75. The van der Waals surface area contributed by atoms with Crippen molar-refractivity contribution in [3.05, 3.63) is 12.4 Å². The highest BCUT2D eigenvalue weighted by Crippen LogP contribution is 2.05. The Balaban J connectivity index is 2.28. The van der Waals surface area contributed by atoms with E-state index in [0.29, 0.717) is 31.2 Å². The highest BCUT2D eigenvalue weighted by atomic mass is 16.1. The van der Waals surface area contributed by atoms with Crippen LogP contribution in [0.4, 0.5) is 11.6 Å². The SMILES string of the molecule is CCNc1cncc(NCCC(=O)NCC(C)C)n1. The maximum Gasteiger partial charge on any atom is 0.221 e. The molecule has 0 unspecified atom stereocenters. The van der Waals surface area contributed by atoms with E-state index in [1.807, 2.05) is 6.92 Å². The van der Waals surface area contributed by atoms with Crippen LogP contribution < -0.4 is 16.0 Å². The summed E-state index contributed by atoms with van der Waals surface area (Å²) in [4.78, 5) is 19.9. The van der Waals surface area contributed by atoms with Crippen LogP contribution >= 0.6 is 0 Å². The summed E-state index contributed by atoms with van der Waals surface area (Å²) in [5.41, 5.74) is 0. The summed E-state index contributed by atoms with van der Waals surface area (Å²) in [5.74, 6) is 1.93. The zero-order chi connectivity index (χ0) is 14.1. The van der Waals surface area contributed by atoms with Crippen LogP contribution in [0.2, 0.25) is 0 Å². The quantitative estimate of drug-likeness (QED) is 0.663. The van der Waals surface area contributed by atoms with E-state index in [2.05, 4.69) is 39.8 Å². The normalized spacial score (nSPS) is 10.3. The van der Waals surface area contributed by atoms with Crippen molar-refractivity contribution >= 4 is 17.5 Å². The summed E-state index contributed by atoms with van der Waals surface area (Å²) < 4.78 is 0. The van der Waals surface area contributed by atoms with Crippen LogP contribution in [0.25, 0.3) is 0 Å². The predicted octanol–water partition coefficient (Wildman–Crippen LogP) is 1.48. The Labute approximate surface area is 114 Å². The first-order chi connectivity index (χ1) is 9.11. The minimum absolute atomic E-state index is 0.0528. The van der Waals surface area contributed by atoms with Gasteiger partial charge < -0.3 is 16.0 Å². The lowest BCUT2D eigenvalue weighted by molar-refractivity contribution is -0.120. The summed E-state index contributed by atoms with van der Waals surface area (Å²) >= 11 is 0. The number of rotatable bonds is 8. The molecule has 1 rings (SSSR count). The Morgan fingerprint density at radius 3 is 2.58 bits per heavy atom. The van der Waals surface area contributed by atoms with Crippen LogP contribution in [-0.2, 0) is 4.79 Å². The molecule has 1 aromatic heterocycles. The highest BCUT2D eigenvalue weighted by Gasteiger charge is 2.03. The molecule has 0 aliphatic heterocycles. The number of anilines is 2. The van der Waals surface area contributed by atoms with Gasteiger partial charge in [0.2, 0.25) is 5.91 Å². The van der Waals surface area contributed by atoms with Crippen LogP contribution in [0.1, 0.15) is 27.2 Å². The van der Waals surface area contributed by atoms with E-state index in [1.165, 1.54) is 0 Å². The van der Waals surface area contributed by atoms with E-state index in [1.54, 1.807) is 12.4 Å². The fraction of sp³-hybridized carbons (Fsp3) is 0.615. The Morgan fingerprint density at radius 2 is 1.95 bits per heavy atom. The third-order valence-electron chi connectivity index (χ3n) is 2.36. The maximum atomic E-state index is 11.5. The number of nitrogens with one attached hydrogen (secondary N) is 3. The van der Waals surface area contributed by atoms with Gasteiger partial charge in [-0.2, -0.15) is 0 Å². The molecule has 0 aliphatic rings. The van der Waals surface area contributed by atoms with Gasteiger partial charge in [0, 0.05) is 26.1 Å². The van der Waals surface area contributed by atoms with Crippen molar-refractivity contribution < 1.29 is 4.79 Å². The van der Waals surface area contributed by atoms with E-state index in [-0.39, 0.29) is 5.91 Å². The molecule has 3 N–H and O–H groups in total. The smallest absolute Gasteiger partial charge is 0.221 e. The monoisotopic (exact) mass is 265 g/mol. The molecule has 6 heteroatoms. The van der Waals surface area contributed by atoms with E-state index < -0.39 is 0 Å². The molecule has 1 heterocycles. The minimum Gasteiger partial charge on any atom is -0.369 e. The molecule has 0 saturated carbocycles. The molecule has 0 radical (unpaired) electrons. The molecule has 106 valence electrons. The minimum atomic E-state index is 0.0528. The Hall–Kier alpha value is -1.85. The first kappa shape index (κ1) is 15.2.